The fraction of sp³-hybridized carbons (Fsp3) is 0.375. The lowest BCUT2D eigenvalue weighted by atomic mass is 10.1. The van der Waals surface area contributed by atoms with Crippen LogP contribution in [0.5, 0.6) is 0 Å². The third-order valence-electron chi connectivity index (χ3n) is 3.95. The van der Waals surface area contributed by atoms with Gasteiger partial charge in [0.2, 0.25) is 5.95 Å². The van der Waals surface area contributed by atoms with Crippen molar-refractivity contribution in [2.75, 3.05) is 5.73 Å². The van der Waals surface area contributed by atoms with Crippen LogP contribution in [-0.2, 0) is 13.0 Å². The van der Waals surface area contributed by atoms with E-state index >= 15 is 0 Å². The Hall–Kier alpha value is -1.73. The van der Waals surface area contributed by atoms with Crippen molar-refractivity contribution in [2.24, 2.45) is 0 Å². The molecule has 126 valence electrons. The number of halogens is 2. The first-order chi connectivity index (χ1) is 11.4. The molecule has 24 heavy (non-hydrogen) atoms. The molecule has 0 bridgehead atoms. The summed E-state index contributed by atoms with van der Waals surface area (Å²) in [6.07, 6.45) is 3.61. The summed E-state index contributed by atoms with van der Waals surface area (Å²) in [7, 11) is 0. The fourth-order valence-electron chi connectivity index (χ4n) is 2.69. The normalized spacial score (nSPS) is 11.4. The standard InChI is InChI=1S/C16H18BrClN6/c1-4-5-10-12-14(18)21-16(19)22-15(12)24(23-10)7-11-9(3)13(17)8(2)6-20-11/h6H,4-5,7H2,1-3H3,(H2,19,21,22). The maximum absolute atomic E-state index is 6.29. The number of fused-ring (bicyclic) bond motifs is 1. The van der Waals surface area contributed by atoms with Gasteiger partial charge < -0.3 is 5.73 Å². The smallest absolute Gasteiger partial charge is 0.223 e. The van der Waals surface area contributed by atoms with E-state index in [0.717, 1.165) is 45.2 Å². The van der Waals surface area contributed by atoms with Crippen LogP contribution in [0.4, 0.5) is 5.95 Å². The quantitative estimate of drug-likeness (QED) is 0.662. The summed E-state index contributed by atoms with van der Waals surface area (Å²) < 4.78 is 2.87. The molecule has 2 N–H and O–H groups in total. The molecule has 0 aliphatic heterocycles. The maximum Gasteiger partial charge on any atom is 0.223 e. The van der Waals surface area contributed by atoms with Gasteiger partial charge >= 0.3 is 0 Å². The van der Waals surface area contributed by atoms with E-state index in [-0.39, 0.29) is 5.95 Å². The summed E-state index contributed by atoms with van der Waals surface area (Å²) in [5.74, 6) is 0.145. The molecule has 0 spiro atoms. The molecule has 0 amide bonds. The van der Waals surface area contributed by atoms with Crippen molar-refractivity contribution in [3.63, 3.8) is 0 Å². The Labute approximate surface area is 153 Å². The Morgan fingerprint density at radius 2 is 2.00 bits per heavy atom. The van der Waals surface area contributed by atoms with E-state index in [1.54, 1.807) is 4.68 Å². The molecule has 0 saturated heterocycles. The van der Waals surface area contributed by atoms with E-state index in [0.29, 0.717) is 17.3 Å². The molecule has 0 aromatic carbocycles. The van der Waals surface area contributed by atoms with Crippen LogP contribution in [-0.4, -0.2) is 24.7 Å². The molecule has 0 aliphatic rings. The van der Waals surface area contributed by atoms with Gasteiger partial charge in [-0.05, 0) is 31.4 Å². The molecule has 0 saturated carbocycles. The third-order valence-corrected chi connectivity index (χ3v) is 5.44. The van der Waals surface area contributed by atoms with Gasteiger partial charge in [-0.1, -0.05) is 40.9 Å². The number of anilines is 1. The van der Waals surface area contributed by atoms with Crippen molar-refractivity contribution in [1.82, 2.24) is 24.7 Å². The van der Waals surface area contributed by atoms with Crippen LogP contribution in [0.2, 0.25) is 5.15 Å². The number of rotatable bonds is 4. The predicted octanol–water partition coefficient (Wildman–Crippen LogP) is 3.84. The Kier molecular flexibility index (Phi) is 4.73. The van der Waals surface area contributed by atoms with Gasteiger partial charge in [0, 0.05) is 10.7 Å². The number of hydrogen-bond donors (Lipinski definition) is 1. The van der Waals surface area contributed by atoms with Crippen molar-refractivity contribution in [3.8, 4) is 0 Å². The molecule has 3 heterocycles. The summed E-state index contributed by atoms with van der Waals surface area (Å²) >= 11 is 9.90. The van der Waals surface area contributed by atoms with E-state index < -0.39 is 0 Å². The van der Waals surface area contributed by atoms with Gasteiger partial charge in [0.15, 0.2) is 5.65 Å². The second kappa shape index (κ2) is 6.64. The Morgan fingerprint density at radius 3 is 2.71 bits per heavy atom. The molecule has 8 heteroatoms. The molecule has 3 rings (SSSR count). The molecular weight excluding hydrogens is 392 g/mol. The van der Waals surface area contributed by atoms with Crippen molar-refractivity contribution in [2.45, 2.75) is 40.2 Å². The monoisotopic (exact) mass is 408 g/mol. The third kappa shape index (κ3) is 2.98. The molecule has 0 aliphatic carbocycles. The SMILES string of the molecule is CCCc1nn(Cc2ncc(C)c(Br)c2C)c2nc(N)nc(Cl)c12. The summed E-state index contributed by atoms with van der Waals surface area (Å²) in [5, 5.41) is 5.81. The lowest BCUT2D eigenvalue weighted by Gasteiger charge is -2.09. The summed E-state index contributed by atoms with van der Waals surface area (Å²) in [5.41, 5.74) is 10.4. The molecule has 0 atom stereocenters. The van der Waals surface area contributed by atoms with E-state index in [2.05, 4.69) is 42.9 Å². The Bertz CT molecular complexity index is 921. The number of hydrogen-bond acceptors (Lipinski definition) is 5. The first kappa shape index (κ1) is 17.1. The van der Waals surface area contributed by atoms with Gasteiger partial charge in [-0.2, -0.15) is 10.1 Å². The molecule has 0 unspecified atom stereocenters. The van der Waals surface area contributed by atoms with Crippen LogP contribution in [0.15, 0.2) is 10.7 Å². The highest BCUT2D eigenvalue weighted by molar-refractivity contribution is 9.10. The van der Waals surface area contributed by atoms with E-state index in [9.17, 15) is 0 Å². The second-order valence-corrected chi connectivity index (χ2v) is 6.90. The summed E-state index contributed by atoms with van der Waals surface area (Å²) in [4.78, 5) is 13.0. The zero-order valence-electron chi connectivity index (χ0n) is 13.8. The largest absolute Gasteiger partial charge is 0.368 e. The highest BCUT2D eigenvalue weighted by Gasteiger charge is 2.18. The lowest BCUT2D eigenvalue weighted by molar-refractivity contribution is 0.666. The van der Waals surface area contributed by atoms with Gasteiger partial charge in [0.1, 0.15) is 5.15 Å². The van der Waals surface area contributed by atoms with Crippen LogP contribution in [0.3, 0.4) is 0 Å². The highest BCUT2D eigenvalue weighted by atomic mass is 79.9. The molecular formula is C16H18BrClN6. The highest BCUT2D eigenvalue weighted by Crippen LogP contribution is 2.28. The number of aryl methyl sites for hydroxylation is 2. The van der Waals surface area contributed by atoms with Gasteiger partial charge in [-0.15, -0.1) is 0 Å². The first-order valence-corrected chi connectivity index (χ1v) is 8.88. The molecule has 3 aromatic heterocycles. The van der Waals surface area contributed by atoms with Crippen LogP contribution in [0, 0.1) is 13.8 Å². The fourth-order valence-corrected chi connectivity index (χ4v) is 3.30. The maximum atomic E-state index is 6.29. The van der Waals surface area contributed by atoms with Crippen molar-refractivity contribution < 1.29 is 0 Å². The average molecular weight is 410 g/mol. The zero-order chi connectivity index (χ0) is 17.4. The van der Waals surface area contributed by atoms with Crippen molar-refractivity contribution in [3.05, 3.63) is 38.3 Å². The number of nitrogens with zero attached hydrogens (tertiary/aromatic N) is 5. The Morgan fingerprint density at radius 1 is 1.25 bits per heavy atom. The number of aromatic nitrogens is 5. The minimum atomic E-state index is 0.145. The van der Waals surface area contributed by atoms with Gasteiger partial charge in [-0.25, -0.2) is 9.67 Å². The summed E-state index contributed by atoms with van der Waals surface area (Å²) in [6.45, 7) is 6.65. The lowest BCUT2D eigenvalue weighted by Crippen LogP contribution is -2.08. The van der Waals surface area contributed by atoms with Gasteiger partial charge in [0.05, 0.1) is 23.3 Å². The number of nitrogen functional groups attached to an aromatic ring is 1. The van der Waals surface area contributed by atoms with E-state index in [4.69, 9.17) is 17.3 Å². The number of pyridine rings is 1. The molecule has 6 nitrogen and oxygen atoms in total. The average Bonchev–Trinajstić information content (AvgIpc) is 2.86. The minimum absolute atomic E-state index is 0.145. The van der Waals surface area contributed by atoms with Crippen LogP contribution >= 0.6 is 27.5 Å². The molecule has 0 radical (unpaired) electrons. The molecule has 3 aromatic rings. The number of nitrogens with two attached hydrogens (primary N) is 1. The van der Waals surface area contributed by atoms with Crippen LogP contribution < -0.4 is 5.73 Å². The Balaban J connectivity index is 2.15. The van der Waals surface area contributed by atoms with E-state index in [1.165, 1.54) is 0 Å². The molecule has 0 fully saturated rings. The first-order valence-electron chi connectivity index (χ1n) is 7.71. The topological polar surface area (TPSA) is 82.5 Å². The van der Waals surface area contributed by atoms with E-state index in [1.807, 2.05) is 20.0 Å². The summed E-state index contributed by atoms with van der Waals surface area (Å²) in [6, 6.07) is 0. The van der Waals surface area contributed by atoms with Crippen LogP contribution in [0.1, 0.15) is 35.9 Å². The predicted molar refractivity (Wildman–Crippen MR) is 99.3 cm³/mol. The van der Waals surface area contributed by atoms with Crippen molar-refractivity contribution in [1.29, 1.82) is 0 Å². The van der Waals surface area contributed by atoms with Crippen molar-refractivity contribution >= 4 is 44.5 Å². The minimum Gasteiger partial charge on any atom is -0.368 e. The van der Waals surface area contributed by atoms with Gasteiger partial charge in [0.25, 0.3) is 0 Å². The van der Waals surface area contributed by atoms with Crippen LogP contribution in [0.25, 0.3) is 11.0 Å². The zero-order valence-corrected chi connectivity index (χ0v) is 16.1. The second-order valence-electron chi connectivity index (χ2n) is 5.75. The van der Waals surface area contributed by atoms with Gasteiger partial charge in [-0.3, -0.25) is 4.98 Å².